The van der Waals surface area contributed by atoms with E-state index in [0.717, 1.165) is 5.92 Å². The second-order valence-corrected chi connectivity index (χ2v) is 5.20. The highest BCUT2D eigenvalue weighted by molar-refractivity contribution is 4.96. The fourth-order valence-corrected chi connectivity index (χ4v) is 2.79. The molecule has 1 aliphatic carbocycles. The maximum Gasteiger partial charge on any atom is 0.0759 e. The molecular formula is C14H24O. The van der Waals surface area contributed by atoms with Crippen molar-refractivity contribution in [2.45, 2.75) is 70.5 Å². The van der Waals surface area contributed by atoms with Crippen molar-refractivity contribution in [3.63, 3.8) is 0 Å². The molecule has 1 aliphatic heterocycles. The van der Waals surface area contributed by atoms with Crippen LogP contribution in [0.2, 0.25) is 0 Å². The molecule has 0 unspecified atom stereocenters. The summed E-state index contributed by atoms with van der Waals surface area (Å²) in [5, 5.41) is 0. The van der Waals surface area contributed by atoms with E-state index < -0.39 is 0 Å². The van der Waals surface area contributed by atoms with Gasteiger partial charge in [-0.05, 0) is 44.9 Å². The zero-order valence-electron chi connectivity index (χ0n) is 9.95. The standard InChI is InChI=1S/C14H24O/c1-12-6-5-9-14(15-12)11-10-13-7-3-2-4-8-13/h10-14H,2-9H2,1H3/b11-10+/t12-,14-/m0/s1. The lowest BCUT2D eigenvalue weighted by molar-refractivity contribution is -0.0143. The molecule has 0 N–H and O–H groups in total. The van der Waals surface area contributed by atoms with E-state index in [9.17, 15) is 0 Å². The maximum absolute atomic E-state index is 5.89. The van der Waals surface area contributed by atoms with E-state index in [2.05, 4.69) is 19.1 Å². The van der Waals surface area contributed by atoms with Crippen LogP contribution in [-0.4, -0.2) is 12.2 Å². The molecular weight excluding hydrogens is 184 g/mol. The Hall–Kier alpha value is -0.300. The van der Waals surface area contributed by atoms with Crippen molar-refractivity contribution in [1.82, 2.24) is 0 Å². The SMILES string of the molecule is C[C@H]1CCC[C@@H](/C=C/C2CCCCC2)O1. The molecule has 2 rings (SSSR count). The van der Waals surface area contributed by atoms with Gasteiger partial charge in [-0.3, -0.25) is 0 Å². The van der Waals surface area contributed by atoms with Crippen LogP contribution in [0.4, 0.5) is 0 Å². The summed E-state index contributed by atoms with van der Waals surface area (Å²) in [6.07, 6.45) is 16.6. The van der Waals surface area contributed by atoms with E-state index in [4.69, 9.17) is 4.74 Å². The van der Waals surface area contributed by atoms with Crippen LogP contribution in [0.25, 0.3) is 0 Å². The minimum absolute atomic E-state index is 0.413. The van der Waals surface area contributed by atoms with Gasteiger partial charge in [-0.15, -0.1) is 0 Å². The minimum Gasteiger partial charge on any atom is -0.371 e. The first kappa shape index (κ1) is 11.2. The quantitative estimate of drug-likeness (QED) is 0.621. The van der Waals surface area contributed by atoms with Gasteiger partial charge < -0.3 is 4.74 Å². The van der Waals surface area contributed by atoms with Crippen LogP contribution in [0.3, 0.4) is 0 Å². The lowest BCUT2D eigenvalue weighted by Crippen LogP contribution is -2.23. The molecule has 1 saturated heterocycles. The zero-order valence-corrected chi connectivity index (χ0v) is 9.95. The zero-order chi connectivity index (χ0) is 10.5. The van der Waals surface area contributed by atoms with E-state index in [-0.39, 0.29) is 0 Å². The number of allylic oxidation sites excluding steroid dienone is 1. The molecule has 0 aromatic rings. The van der Waals surface area contributed by atoms with Gasteiger partial charge >= 0.3 is 0 Å². The number of ether oxygens (including phenoxy) is 1. The third kappa shape index (κ3) is 3.64. The normalized spacial score (nSPS) is 34.7. The highest BCUT2D eigenvalue weighted by atomic mass is 16.5. The van der Waals surface area contributed by atoms with Crippen LogP contribution in [0.5, 0.6) is 0 Å². The van der Waals surface area contributed by atoms with E-state index in [1.54, 1.807) is 0 Å². The van der Waals surface area contributed by atoms with Gasteiger partial charge in [0, 0.05) is 0 Å². The third-order valence-electron chi connectivity index (χ3n) is 3.75. The number of hydrogen-bond donors (Lipinski definition) is 0. The molecule has 1 heteroatoms. The molecule has 2 aliphatic rings. The Labute approximate surface area is 93.9 Å². The van der Waals surface area contributed by atoms with E-state index in [1.807, 2.05) is 0 Å². The van der Waals surface area contributed by atoms with E-state index in [1.165, 1.54) is 51.4 Å². The van der Waals surface area contributed by atoms with Gasteiger partial charge in [0.25, 0.3) is 0 Å². The summed E-state index contributed by atoms with van der Waals surface area (Å²) < 4.78 is 5.89. The molecule has 0 radical (unpaired) electrons. The summed E-state index contributed by atoms with van der Waals surface area (Å²) in [5.41, 5.74) is 0. The van der Waals surface area contributed by atoms with Gasteiger partial charge in [0.05, 0.1) is 12.2 Å². The number of hydrogen-bond acceptors (Lipinski definition) is 1. The Morgan fingerprint density at radius 2 is 1.67 bits per heavy atom. The highest BCUT2D eigenvalue weighted by Crippen LogP contribution is 2.26. The first-order valence-corrected chi connectivity index (χ1v) is 6.68. The van der Waals surface area contributed by atoms with Gasteiger partial charge in [0.1, 0.15) is 0 Å². The Morgan fingerprint density at radius 3 is 2.40 bits per heavy atom. The van der Waals surface area contributed by atoms with Crippen LogP contribution in [0.15, 0.2) is 12.2 Å². The van der Waals surface area contributed by atoms with Crippen molar-refractivity contribution in [2.75, 3.05) is 0 Å². The molecule has 15 heavy (non-hydrogen) atoms. The minimum atomic E-state index is 0.413. The second-order valence-electron chi connectivity index (χ2n) is 5.20. The van der Waals surface area contributed by atoms with E-state index >= 15 is 0 Å². The molecule has 86 valence electrons. The maximum atomic E-state index is 5.89. The average molecular weight is 208 g/mol. The molecule has 2 atom stereocenters. The molecule has 1 heterocycles. The van der Waals surface area contributed by atoms with Crippen molar-refractivity contribution < 1.29 is 4.74 Å². The Bertz CT molecular complexity index is 203. The van der Waals surface area contributed by atoms with Crippen molar-refractivity contribution >= 4 is 0 Å². The van der Waals surface area contributed by atoms with Gasteiger partial charge in [-0.25, -0.2) is 0 Å². The summed E-state index contributed by atoms with van der Waals surface area (Å²) in [4.78, 5) is 0. The van der Waals surface area contributed by atoms with Gasteiger partial charge in [0.15, 0.2) is 0 Å². The molecule has 0 aromatic carbocycles. The summed E-state index contributed by atoms with van der Waals surface area (Å²) in [6, 6.07) is 0. The van der Waals surface area contributed by atoms with Crippen molar-refractivity contribution in [2.24, 2.45) is 5.92 Å². The van der Waals surface area contributed by atoms with Crippen LogP contribution in [-0.2, 0) is 4.74 Å². The molecule has 2 fully saturated rings. The van der Waals surface area contributed by atoms with Gasteiger partial charge in [-0.1, -0.05) is 31.4 Å². The average Bonchev–Trinajstić information content (AvgIpc) is 2.28. The molecule has 0 spiro atoms. The van der Waals surface area contributed by atoms with Crippen molar-refractivity contribution in [3.8, 4) is 0 Å². The lowest BCUT2D eigenvalue weighted by Gasteiger charge is -2.26. The largest absolute Gasteiger partial charge is 0.371 e. The van der Waals surface area contributed by atoms with Crippen LogP contribution < -0.4 is 0 Å². The Morgan fingerprint density at radius 1 is 0.867 bits per heavy atom. The summed E-state index contributed by atoms with van der Waals surface area (Å²) in [7, 11) is 0. The fourth-order valence-electron chi connectivity index (χ4n) is 2.79. The van der Waals surface area contributed by atoms with Crippen molar-refractivity contribution in [3.05, 3.63) is 12.2 Å². The molecule has 0 bridgehead atoms. The molecule has 0 amide bonds. The third-order valence-corrected chi connectivity index (χ3v) is 3.75. The second kappa shape index (κ2) is 5.69. The summed E-state index contributed by atoms with van der Waals surface area (Å²) in [6.45, 7) is 2.20. The van der Waals surface area contributed by atoms with Crippen LogP contribution >= 0.6 is 0 Å². The van der Waals surface area contributed by atoms with Crippen LogP contribution in [0, 0.1) is 5.92 Å². The van der Waals surface area contributed by atoms with E-state index in [0.29, 0.717) is 12.2 Å². The predicted molar refractivity (Wildman–Crippen MR) is 63.9 cm³/mol. The molecule has 1 nitrogen and oxygen atoms in total. The van der Waals surface area contributed by atoms with Crippen molar-refractivity contribution in [1.29, 1.82) is 0 Å². The fraction of sp³-hybridized carbons (Fsp3) is 0.857. The molecule has 0 aromatic heterocycles. The Balaban J connectivity index is 1.76. The predicted octanol–water partition coefficient (Wildman–Crippen LogP) is 4.08. The van der Waals surface area contributed by atoms with Gasteiger partial charge in [0.2, 0.25) is 0 Å². The number of rotatable bonds is 2. The smallest absolute Gasteiger partial charge is 0.0759 e. The Kier molecular flexibility index (Phi) is 4.25. The van der Waals surface area contributed by atoms with Gasteiger partial charge in [-0.2, -0.15) is 0 Å². The lowest BCUT2D eigenvalue weighted by atomic mass is 9.88. The highest BCUT2D eigenvalue weighted by Gasteiger charge is 2.17. The topological polar surface area (TPSA) is 9.23 Å². The first-order valence-electron chi connectivity index (χ1n) is 6.68. The monoisotopic (exact) mass is 208 g/mol. The molecule has 1 saturated carbocycles. The summed E-state index contributed by atoms with van der Waals surface area (Å²) >= 11 is 0. The summed E-state index contributed by atoms with van der Waals surface area (Å²) in [5.74, 6) is 0.847. The van der Waals surface area contributed by atoms with Crippen LogP contribution in [0.1, 0.15) is 58.3 Å². The first-order chi connectivity index (χ1) is 7.34.